The maximum atomic E-state index is 12.8. The molecule has 0 radical (unpaired) electrons. The highest BCUT2D eigenvalue weighted by Crippen LogP contribution is 2.36. The van der Waals surface area contributed by atoms with Crippen LogP contribution in [-0.2, 0) is 4.79 Å². The Morgan fingerprint density at radius 2 is 1.92 bits per heavy atom. The van der Waals surface area contributed by atoms with Crippen LogP contribution in [0.4, 0.5) is 5.69 Å². The Labute approximate surface area is 161 Å². The summed E-state index contributed by atoms with van der Waals surface area (Å²) in [4.78, 5) is 12.8. The second kappa shape index (κ2) is 7.40. The van der Waals surface area contributed by atoms with Crippen LogP contribution >= 0.6 is 23.2 Å². The molecule has 0 saturated carbocycles. The summed E-state index contributed by atoms with van der Waals surface area (Å²) in [5.74, 6) is -0.116. The Balaban J connectivity index is 1.96. The molecule has 0 spiro atoms. The number of anilines is 1. The lowest BCUT2D eigenvalue weighted by atomic mass is 10.1. The van der Waals surface area contributed by atoms with Gasteiger partial charge in [-0.05, 0) is 61.9 Å². The van der Waals surface area contributed by atoms with Gasteiger partial charge in [-0.1, -0.05) is 23.2 Å². The molecule has 0 atom stereocenters. The highest BCUT2D eigenvalue weighted by Gasteiger charge is 2.28. The van der Waals surface area contributed by atoms with E-state index < -0.39 is 0 Å². The van der Waals surface area contributed by atoms with Crippen LogP contribution in [0.5, 0.6) is 11.5 Å². The molecule has 2 aromatic rings. The van der Waals surface area contributed by atoms with E-state index in [-0.39, 0.29) is 22.4 Å². The molecule has 2 aromatic carbocycles. The van der Waals surface area contributed by atoms with Crippen molar-refractivity contribution in [3.8, 4) is 11.5 Å². The number of benzene rings is 2. The number of aromatic hydroxyl groups is 1. The molecule has 5 nitrogen and oxygen atoms in total. The van der Waals surface area contributed by atoms with Crippen LogP contribution in [0.1, 0.15) is 19.4 Å². The third-order valence-corrected chi connectivity index (χ3v) is 4.34. The van der Waals surface area contributed by atoms with E-state index in [0.717, 1.165) is 0 Å². The standard InChI is InChI=1S/C19H16Cl2N2O3/c1-3-26-17-10-12(9-16(21)18(17)24)8-15-11(2)22-23(19(15)25)14-6-4-13(20)5-7-14/h4-10,24H,3H2,1-2H3/b15-8-. The molecule has 1 heterocycles. The largest absolute Gasteiger partial charge is 0.503 e. The number of phenols is 1. The Morgan fingerprint density at radius 1 is 1.23 bits per heavy atom. The monoisotopic (exact) mass is 390 g/mol. The van der Waals surface area contributed by atoms with E-state index in [0.29, 0.717) is 34.2 Å². The number of hydrogen-bond donors (Lipinski definition) is 1. The average molecular weight is 391 g/mol. The van der Waals surface area contributed by atoms with E-state index in [4.69, 9.17) is 27.9 Å². The molecule has 0 aromatic heterocycles. The highest BCUT2D eigenvalue weighted by molar-refractivity contribution is 6.34. The molecule has 7 heteroatoms. The quantitative estimate of drug-likeness (QED) is 0.754. The summed E-state index contributed by atoms with van der Waals surface area (Å²) < 4.78 is 5.38. The predicted octanol–water partition coefficient (Wildman–Crippen LogP) is 4.90. The van der Waals surface area contributed by atoms with Crippen molar-refractivity contribution in [2.24, 2.45) is 5.10 Å². The summed E-state index contributed by atoms with van der Waals surface area (Å²) in [5.41, 5.74) is 2.27. The molecule has 1 aliphatic rings. The van der Waals surface area contributed by atoms with E-state index in [9.17, 15) is 9.90 Å². The number of halogens is 2. The van der Waals surface area contributed by atoms with Crippen molar-refractivity contribution in [2.75, 3.05) is 11.6 Å². The molecular weight excluding hydrogens is 375 g/mol. The smallest absolute Gasteiger partial charge is 0.280 e. The fourth-order valence-corrected chi connectivity index (χ4v) is 2.90. The van der Waals surface area contributed by atoms with Crippen LogP contribution in [0, 0.1) is 0 Å². The zero-order chi connectivity index (χ0) is 18.8. The van der Waals surface area contributed by atoms with Gasteiger partial charge in [-0.25, -0.2) is 0 Å². The van der Waals surface area contributed by atoms with E-state index in [1.165, 1.54) is 5.01 Å². The van der Waals surface area contributed by atoms with Gasteiger partial charge in [0.1, 0.15) is 0 Å². The van der Waals surface area contributed by atoms with Gasteiger partial charge in [0.15, 0.2) is 11.5 Å². The van der Waals surface area contributed by atoms with Gasteiger partial charge in [-0.2, -0.15) is 10.1 Å². The fourth-order valence-electron chi connectivity index (χ4n) is 2.55. The van der Waals surface area contributed by atoms with Crippen molar-refractivity contribution in [3.63, 3.8) is 0 Å². The number of nitrogens with zero attached hydrogens (tertiary/aromatic N) is 2. The van der Waals surface area contributed by atoms with Crippen molar-refractivity contribution in [2.45, 2.75) is 13.8 Å². The van der Waals surface area contributed by atoms with Gasteiger partial charge in [0.2, 0.25) is 0 Å². The Kier molecular flexibility index (Phi) is 5.20. The molecule has 3 rings (SSSR count). The van der Waals surface area contributed by atoms with Gasteiger partial charge in [-0.15, -0.1) is 0 Å². The lowest BCUT2D eigenvalue weighted by molar-refractivity contribution is -0.114. The molecule has 0 unspecified atom stereocenters. The van der Waals surface area contributed by atoms with E-state index >= 15 is 0 Å². The van der Waals surface area contributed by atoms with Gasteiger partial charge >= 0.3 is 0 Å². The molecule has 0 saturated heterocycles. The van der Waals surface area contributed by atoms with Crippen molar-refractivity contribution in [3.05, 3.63) is 57.6 Å². The lowest BCUT2D eigenvalue weighted by Gasteiger charge is -2.12. The molecule has 0 bridgehead atoms. The molecular formula is C19H16Cl2N2O3. The number of hydrogen-bond acceptors (Lipinski definition) is 4. The highest BCUT2D eigenvalue weighted by atomic mass is 35.5. The maximum absolute atomic E-state index is 12.8. The average Bonchev–Trinajstić information content (AvgIpc) is 2.88. The topological polar surface area (TPSA) is 62.1 Å². The number of rotatable bonds is 4. The summed E-state index contributed by atoms with van der Waals surface area (Å²) in [6.45, 7) is 3.94. The second-order valence-corrected chi connectivity index (χ2v) is 6.46. The summed E-state index contributed by atoms with van der Waals surface area (Å²) >= 11 is 11.9. The number of carbonyl (C=O) groups excluding carboxylic acids is 1. The van der Waals surface area contributed by atoms with Gasteiger partial charge in [0.25, 0.3) is 5.91 Å². The molecule has 1 N–H and O–H groups in total. The zero-order valence-electron chi connectivity index (χ0n) is 14.2. The first kappa shape index (κ1) is 18.3. The Hall–Kier alpha value is -2.50. The van der Waals surface area contributed by atoms with Gasteiger partial charge < -0.3 is 9.84 Å². The summed E-state index contributed by atoms with van der Waals surface area (Å²) in [7, 11) is 0. The first-order valence-corrected chi connectivity index (χ1v) is 8.69. The van der Waals surface area contributed by atoms with Crippen LogP contribution in [0.2, 0.25) is 10.0 Å². The number of phenolic OH excluding ortho intramolecular Hbond substituents is 1. The third-order valence-electron chi connectivity index (χ3n) is 3.80. The minimum Gasteiger partial charge on any atom is -0.503 e. The van der Waals surface area contributed by atoms with Gasteiger partial charge in [0, 0.05) is 5.02 Å². The van der Waals surface area contributed by atoms with Crippen molar-refractivity contribution >= 4 is 46.6 Å². The number of hydrazone groups is 1. The van der Waals surface area contributed by atoms with Gasteiger partial charge in [-0.3, -0.25) is 4.79 Å². The van der Waals surface area contributed by atoms with Crippen LogP contribution in [-0.4, -0.2) is 23.3 Å². The summed E-state index contributed by atoms with van der Waals surface area (Å²) in [6.07, 6.45) is 1.67. The predicted molar refractivity (Wildman–Crippen MR) is 104 cm³/mol. The molecule has 134 valence electrons. The first-order valence-electron chi connectivity index (χ1n) is 7.93. The molecule has 0 aliphatic carbocycles. The molecule has 0 fully saturated rings. The third kappa shape index (κ3) is 3.54. The minimum absolute atomic E-state index is 0.124. The van der Waals surface area contributed by atoms with Crippen molar-refractivity contribution in [1.29, 1.82) is 0 Å². The first-order chi connectivity index (χ1) is 12.4. The normalized spacial score (nSPS) is 15.5. The van der Waals surface area contributed by atoms with Gasteiger partial charge in [0.05, 0.1) is 28.6 Å². The Bertz CT molecular complexity index is 921. The number of carbonyl (C=O) groups is 1. The second-order valence-electron chi connectivity index (χ2n) is 5.62. The number of amides is 1. The zero-order valence-corrected chi connectivity index (χ0v) is 15.7. The van der Waals surface area contributed by atoms with E-state index in [1.54, 1.807) is 56.3 Å². The van der Waals surface area contributed by atoms with Crippen LogP contribution in [0.25, 0.3) is 6.08 Å². The molecule has 1 aliphatic heterocycles. The van der Waals surface area contributed by atoms with Crippen LogP contribution in [0.15, 0.2) is 47.1 Å². The molecule has 26 heavy (non-hydrogen) atoms. The summed E-state index contributed by atoms with van der Waals surface area (Å²) in [5, 5.41) is 16.3. The van der Waals surface area contributed by atoms with Crippen LogP contribution < -0.4 is 9.75 Å². The lowest BCUT2D eigenvalue weighted by Crippen LogP contribution is -2.21. The van der Waals surface area contributed by atoms with E-state index in [2.05, 4.69) is 5.10 Å². The minimum atomic E-state index is -0.257. The van der Waals surface area contributed by atoms with E-state index in [1.807, 2.05) is 0 Å². The SMILES string of the molecule is CCOc1cc(/C=C2\C(=O)N(c3ccc(Cl)cc3)N=C2C)cc(Cl)c1O. The Morgan fingerprint density at radius 3 is 2.58 bits per heavy atom. The van der Waals surface area contributed by atoms with Crippen LogP contribution in [0.3, 0.4) is 0 Å². The summed E-state index contributed by atoms with van der Waals surface area (Å²) in [6, 6.07) is 10.0. The van der Waals surface area contributed by atoms with Crippen molar-refractivity contribution < 1.29 is 14.6 Å². The molecule has 1 amide bonds. The number of ether oxygens (including phenoxy) is 1. The maximum Gasteiger partial charge on any atom is 0.280 e. The van der Waals surface area contributed by atoms with Crippen molar-refractivity contribution in [1.82, 2.24) is 0 Å². The fraction of sp³-hybridized carbons (Fsp3) is 0.158.